The van der Waals surface area contributed by atoms with Crippen LogP contribution in [0.25, 0.3) is 11.1 Å². The summed E-state index contributed by atoms with van der Waals surface area (Å²) in [5, 5.41) is 11.8. The Morgan fingerprint density at radius 1 is 0.956 bits per heavy atom. The summed E-state index contributed by atoms with van der Waals surface area (Å²) < 4.78 is 5.40. The van der Waals surface area contributed by atoms with Crippen LogP contribution in [-0.2, 0) is 29.2 Å². The third kappa shape index (κ3) is 8.34. The minimum absolute atomic E-state index is 0.142. The fourth-order valence-corrected chi connectivity index (χ4v) is 6.33. The van der Waals surface area contributed by atoms with Crippen molar-refractivity contribution in [2.45, 2.75) is 56.4 Å². The van der Waals surface area contributed by atoms with Crippen LogP contribution >= 0.6 is 11.8 Å². The number of para-hydroxylation sites is 1. The number of hydrogen-bond acceptors (Lipinski definition) is 6. The van der Waals surface area contributed by atoms with E-state index in [1.807, 2.05) is 98.8 Å². The van der Waals surface area contributed by atoms with E-state index in [-0.39, 0.29) is 24.3 Å². The molecule has 0 saturated heterocycles. The molecule has 10 heteroatoms. The minimum atomic E-state index is -0.672. The van der Waals surface area contributed by atoms with Crippen LogP contribution in [0.4, 0.5) is 10.5 Å². The number of amides is 4. The minimum Gasteiger partial charge on any atom is -0.468 e. The molecule has 0 unspecified atom stereocenters. The molecule has 0 spiro atoms. The van der Waals surface area contributed by atoms with Gasteiger partial charge >= 0.3 is 6.03 Å². The molecule has 4 amide bonds. The predicted molar refractivity (Wildman–Crippen MR) is 178 cm³/mol. The lowest BCUT2D eigenvalue weighted by Gasteiger charge is -2.28. The molecule has 3 aromatic carbocycles. The molecule has 0 bridgehead atoms. The summed E-state index contributed by atoms with van der Waals surface area (Å²) in [7, 11) is 1.59. The number of furan rings is 1. The molecule has 0 aliphatic carbocycles. The van der Waals surface area contributed by atoms with Gasteiger partial charge in [0.2, 0.25) is 5.91 Å². The van der Waals surface area contributed by atoms with Crippen LogP contribution in [0.5, 0.6) is 0 Å². The zero-order valence-corrected chi connectivity index (χ0v) is 26.6. The normalized spacial score (nSPS) is 14.8. The number of hydrogen-bond donors (Lipinski definition) is 4. The molecule has 0 radical (unpaired) electrons. The topological polar surface area (TPSA) is 116 Å². The zero-order valence-electron chi connectivity index (χ0n) is 25.8. The quantitative estimate of drug-likeness (QED) is 0.176. The zero-order chi connectivity index (χ0) is 31.8. The summed E-state index contributed by atoms with van der Waals surface area (Å²) >= 11 is 1.57. The monoisotopic (exact) mass is 625 g/mol. The summed E-state index contributed by atoms with van der Waals surface area (Å²) in [6.07, 6.45) is 1.83. The van der Waals surface area contributed by atoms with Gasteiger partial charge in [-0.1, -0.05) is 60.7 Å². The second-order valence-electron chi connectivity index (χ2n) is 11.6. The van der Waals surface area contributed by atoms with Crippen LogP contribution in [0.1, 0.15) is 37.2 Å². The van der Waals surface area contributed by atoms with E-state index in [9.17, 15) is 14.4 Å². The first-order valence-corrected chi connectivity index (χ1v) is 15.9. The second kappa shape index (κ2) is 14.5. The Kier molecular flexibility index (Phi) is 10.3. The average molecular weight is 626 g/mol. The predicted octanol–water partition coefficient (Wildman–Crippen LogP) is 5.46. The summed E-state index contributed by atoms with van der Waals surface area (Å²) in [5.41, 5.74) is 4.33. The first-order chi connectivity index (χ1) is 21.7. The molecule has 1 aliphatic rings. The van der Waals surface area contributed by atoms with Crippen LogP contribution in [-0.4, -0.2) is 42.2 Å². The highest BCUT2D eigenvalue weighted by atomic mass is 32.2. The van der Waals surface area contributed by atoms with E-state index in [0.29, 0.717) is 25.4 Å². The van der Waals surface area contributed by atoms with E-state index in [2.05, 4.69) is 21.3 Å². The molecule has 234 valence electrons. The van der Waals surface area contributed by atoms with Gasteiger partial charge in [-0.25, -0.2) is 4.79 Å². The van der Waals surface area contributed by atoms with Crippen molar-refractivity contribution in [2.24, 2.45) is 0 Å². The number of nitrogens with zero attached hydrogens (tertiary/aromatic N) is 1. The molecule has 4 N–H and O–H groups in total. The molecule has 45 heavy (non-hydrogen) atoms. The largest absolute Gasteiger partial charge is 0.468 e. The smallest absolute Gasteiger partial charge is 0.314 e. The highest BCUT2D eigenvalue weighted by Crippen LogP contribution is 2.35. The van der Waals surface area contributed by atoms with Crippen molar-refractivity contribution in [1.29, 1.82) is 0 Å². The van der Waals surface area contributed by atoms with Crippen molar-refractivity contribution in [3.63, 3.8) is 0 Å². The fraction of sp³-hybridized carbons (Fsp3) is 0.286. The summed E-state index contributed by atoms with van der Waals surface area (Å²) in [6, 6.07) is 26.7. The molecule has 1 aliphatic heterocycles. The van der Waals surface area contributed by atoms with Crippen molar-refractivity contribution >= 4 is 35.3 Å². The lowest BCUT2D eigenvalue weighted by atomic mass is 9.98. The molecule has 1 atom stereocenters. The number of anilines is 1. The maximum absolute atomic E-state index is 14.0. The highest BCUT2D eigenvalue weighted by molar-refractivity contribution is 7.99. The number of carbonyl (C=O) groups is 3. The Morgan fingerprint density at radius 3 is 2.47 bits per heavy atom. The maximum Gasteiger partial charge on any atom is 0.314 e. The molecule has 0 fully saturated rings. The number of thioether (sulfide) groups is 1. The van der Waals surface area contributed by atoms with Crippen molar-refractivity contribution in [3.8, 4) is 11.1 Å². The Balaban J connectivity index is 1.29. The van der Waals surface area contributed by atoms with E-state index in [1.165, 1.54) is 0 Å². The van der Waals surface area contributed by atoms with Gasteiger partial charge in [0.15, 0.2) is 0 Å². The standard InChI is InChI=1S/C35H39N5O4S/c1-35(2,38-21-27-10-8-18-44-27)19-32(41)39-29-23-45-31-13-7-6-12-30(31)40(33(29)42)22-24-14-16-25(17-15-24)28-11-5-4-9-26(28)20-37-34(43)36-3/h4-18,29,38H,19-23H2,1-3H3,(H,39,41)(H2,36,37,43)/t29-/m1/s1. The Hall–Kier alpha value is -4.54. The van der Waals surface area contributed by atoms with Crippen LogP contribution in [0.3, 0.4) is 0 Å². The molecular formula is C35H39N5O4S. The van der Waals surface area contributed by atoms with Crippen molar-refractivity contribution < 1.29 is 18.8 Å². The second-order valence-corrected chi connectivity index (χ2v) is 12.7. The van der Waals surface area contributed by atoms with Crippen LogP contribution in [0.15, 0.2) is 101 Å². The van der Waals surface area contributed by atoms with Gasteiger partial charge in [0.05, 0.1) is 25.0 Å². The van der Waals surface area contributed by atoms with Gasteiger partial charge < -0.3 is 30.6 Å². The highest BCUT2D eigenvalue weighted by Gasteiger charge is 2.33. The van der Waals surface area contributed by atoms with E-state index in [1.54, 1.807) is 30.0 Å². The summed E-state index contributed by atoms with van der Waals surface area (Å²) in [4.78, 5) is 41.7. The number of carbonyl (C=O) groups excluding carboxylic acids is 3. The van der Waals surface area contributed by atoms with Crippen LogP contribution < -0.4 is 26.2 Å². The summed E-state index contributed by atoms with van der Waals surface area (Å²) in [6.45, 7) is 5.19. The van der Waals surface area contributed by atoms with Gasteiger partial charge in [-0.2, -0.15) is 0 Å². The molecular weight excluding hydrogens is 586 g/mol. The first kappa shape index (κ1) is 31.9. The van der Waals surface area contributed by atoms with Gasteiger partial charge in [0.1, 0.15) is 11.8 Å². The first-order valence-electron chi connectivity index (χ1n) is 15.0. The van der Waals surface area contributed by atoms with Gasteiger partial charge in [-0.3, -0.25) is 9.59 Å². The van der Waals surface area contributed by atoms with Crippen LogP contribution in [0.2, 0.25) is 0 Å². The Bertz CT molecular complexity index is 1620. The number of urea groups is 1. The van der Waals surface area contributed by atoms with Crippen molar-refractivity contribution in [2.75, 3.05) is 17.7 Å². The lowest BCUT2D eigenvalue weighted by molar-refractivity contribution is -0.127. The number of benzene rings is 3. The number of rotatable bonds is 11. The number of nitrogens with one attached hydrogen (secondary N) is 4. The number of fused-ring (bicyclic) bond motifs is 1. The SMILES string of the molecule is CNC(=O)NCc1ccccc1-c1ccc(CN2C(=O)[C@H](NC(=O)CC(C)(C)NCc3ccco3)CSc3ccccc32)cc1. The maximum atomic E-state index is 14.0. The molecule has 5 rings (SSSR count). The molecule has 1 aromatic heterocycles. The van der Waals surface area contributed by atoms with Crippen LogP contribution in [0, 0.1) is 0 Å². The van der Waals surface area contributed by atoms with E-state index in [4.69, 9.17) is 4.42 Å². The average Bonchev–Trinajstić information content (AvgIpc) is 3.54. The molecule has 9 nitrogen and oxygen atoms in total. The molecule has 2 heterocycles. The third-order valence-corrected chi connectivity index (χ3v) is 8.83. The third-order valence-electron chi connectivity index (χ3n) is 7.67. The van der Waals surface area contributed by atoms with E-state index < -0.39 is 11.6 Å². The molecule has 0 saturated carbocycles. The van der Waals surface area contributed by atoms with E-state index in [0.717, 1.165) is 38.6 Å². The lowest BCUT2D eigenvalue weighted by Crippen LogP contribution is -2.51. The Labute approximate surface area is 268 Å². The van der Waals surface area contributed by atoms with Gasteiger partial charge in [-0.15, -0.1) is 11.8 Å². The molecule has 4 aromatic rings. The van der Waals surface area contributed by atoms with Gasteiger partial charge in [0, 0.05) is 36.2 Å². The Morgan fingerprint density at radius 2 is 1.71 bits per heavy atom. The van der Waals surface area contributed by atoms with E-state index >= 15 is 0 Å². The summed E-state index contributed by atoms with van der Waals surface area (Å²) in [5.74, 6) is 0.906. The van der Waals surface area contributed by atoms with Crippen molar-refractivity contribution in [3.05, 3.63) is 108 Å². The van der Waals surface area contributed by atoms with Crippen molar-refractivity contribution in [1.82, 2.24) is 21.3 Å². The van der Waals surface area contributed by atoms with Gasteiger partial charge in [0.25, 0.3) is 5.91 Å². The fourth-order valence-electron chi connectivity index (χ4n) is 5.26. The van der Waals surface area contributed by atoms with Gasteiger partial charge in [-0.05, 0) is 60.4 Å².